The maximum absolute atomic E-state index is 5.26. The Labute approximate surface area is 106 Å². The zero-order valence-corrected chi connectivity index (χ0v) is 11.5. The van der Waals surface area contributed by atoms with Gasteiger partial charge in [0.25, 0.3) is 0 Å². The standard InChI is InChI=1S/C14H17NOS/c1-9(2)13-8-15-14(17-13)11-5-6-12(16-4)10(3)7-11/h5-9H,1-4H3. The van der Waals surface area contributed by atoms with Gasteiger partial charge in [0.05, 0.1) is 7.11 Å². The largest absolute Gasteiger partial charge is 0.496 e. The molecule has 0 atom stereocenters. The van der Waals surface area contributed by atoms with E-state index in [1.165, 1.54) is 10.4 Å². The Kier molecular flexibility index (Phi) is 3.48. The molecule has 2 aromatic rings. The van der Waals surface area contributed by atoms with Crippen LogP contribution in [0.15, 0.2) is 24.4 Å². The molecule has 0 saturated heterocycles. The fourth-order valence-electron chi connectivity index (χ4n) is 1.70. The molecule has 1 aromatic carbocycles. The Morgan fingerprint density at radius 2 is 2.06 bits per heavy atom. The Bertz CT molecular complexity index is 517. The van der Waals surface area contributed by atoms with E-state index in [2.05, 4.69) is 37.9 Å². The summed E-state index contributed by atoms with van der Waals surface area (Å²) >= 11 is 1.76. The van der Waals surface area contributed by atoms with E-state index in [4.69, 9.17) is 4.74 Å². The van der Waals surface area contributed by atoms with Crippen molar-refractivity contribution in [2.75, 3.05) is 7.11 Å². The number of thiazole rings is 1. The molecule has 0 aliphatic heterocycles. The van der Waals surface area contributed by atoms with E-state index >= 15 is 0 Å². The first-order valence-electron chi connectivity index (χ1n) is 5.72. The first-order valence-corrected chi connectivity index (χ1v) is 6.54. The summed E-state index contributed by atoms with van der Waals surface area (Å²) in [6, 6.07) is 6.19. The van der Waals surface area contributed by atoms with Crippen molar-refractivity contribution >= 4 is 11.3 Å². The summed E-state index contributed by atoms with van der Waals surface area (Å²) in [5.41, 5.74) is 2.31. The summed E-state index contributed by atoms with van der Waals surface area (Å²) in [4.78, 5) is 5.81. The highest BCUT2D eigenvalue weighted by Gasteiger charge is 2.08. The smallest absolute Gasteiger partial charge is 0.123 e. The molecule has 0 unspecified atom stereocenters. The first kappa shape index (κ1) is 12.1. The van der Waals surface area contributed by atoms with Crippen LogP contribution in [-0.2, 0) is 0 Å². The summed E-state index contributed by atoms with van der Waals surface area (Å²) in [5.74, 6) is 1.47. The normalized spacial score (nSPS) is 10.9. The van der Waals surface area contributed by atoms with E-state index in [0.29, 0.717) is 5.92 Å². The number of hydrogen-bond donors (Lipinski definition) is 0. The van der Waals surface area contributed by atoms with Crippen LogP contribution in [0.25, 0.3) is 10.6 Å². The lowest BCUT2D eigenvalue weighted by Gasteiger charge is -2.05. The average molecular weight is 247 g/mol. The molecule has 2 nitrogen and oxygen atoms in total. The van der Waals surface area contributed by atoms with Crippen LogP contribution in [-0.4, -0.2) is 12.1 Å². The van der Waals surface area contributed by atoms with Gasteiger partial charge in [0.15, 0.2) is 0 Å². The third kappa shape index (κ3) is 2.50. The number of nitrogens with zero attached hydrogens (tertiary/aromatic N) is 1. The van der Waals surface area contributed by atoms with Gasteiger partial charge in [-0.25, -0.2) is 4.98 Å². The molecule has 2 rings (SSSR count). The number of rotatable bonds is 3. The van der Waals surface area contributed by atoms with Crippen LogP contribution in [0.5, 0.6) is 5.75 Å². The van der Waals surface area contributed by atoms with Crippen LogP contribution in [0.3, 0.4) is 0 Å². The minimum atomic E-state index is 0.542. The lowest BCUT2D eigenvalue weighted by molar-refractivity contribution is 0.412. The molecule has 0 N–H and O–H groups in total. The van der Waals surface area contributed by atoms with Gasteiger partial charge < -0.3 is 4.74 Å². The summed E-state index contributed by atoms with van der Waals surface area (Å²) in [6.45, 7) is 6.44. The van der Waals surface area contributed by atoms with E-state index < -0.39 is 0 Å². The Hall–Kier alpha value is -1.35. The molecule has 0 saturated carbocycles. The molecule has 0 radical (unpaired) electrons. The van der Waals surface area contributed by atoms with Gasteiger partial charge in [-0.05, 0) is 36.6 Å². The van der Waals surface area contributed by atoms with Gasteiger partial charge in [-0.15, -0.1) is 11.3 Å². The number of ether oxygens (including phenoxy) is 1. The van der Waals surface area contributed by atoms with Crippen molar-refractivity contribution in [3.63, 3.8) is 0 Å². The zero-order valence-electron chi connectivity index (χ0n) is 10.7. The van der Waals surface area contributed by atoms with Crippen LogP contribution < -0.4 is 4.74 Å². The second-order valence-corrected chi connectivity index (χ2v) is 5.47. The minimum absolute atomic E-state index is 0.542. The third-order valence-corrected chi connectivity index (χ3v) is 4.08. The van der Waals surface area contributed by atoms with Crippen LogP contribution >= 0.6 is 11.3 Å². The molecule has 1 aromatic heterocycles. The summed E-state index contributed by atoms with van der Waals surface area (Å²) in [7, 11) is 1.70. The van der Waals surface area contributed by atoms with Crippen molar-refractivity contribution in [1.29, 1.82) is 0 Å². The lowest BCUT2D eigenvalue weighted by atomic mass is 10.1. The molecular weight excluding hydrogens is 230 g/mol. The molecule has 0 amide bonds. The zero-order chi connectivity index (χ0) is 12.4. The van der Waals surface area contributed by atoms with Gasteiger partial charge >= 0.3 is 0 Å². The molecule has 1 heterocycles. The third-order valence-electron chi connectivity index (χ3n) is 2.73. The van der Waals surface area contributed by atoms with Crippen LogP contribution in [0.1, 0.15) is 30.2 Å². The Morgan fingerprint density at radius 3 is 2.59 bits per heavy atom. The second kappa shape index (κ2) is 4.88. The highest BCUT2D eigenvalue weighted by atomic mass is 32.1. The molecular formula is C14H17NOS. The predicted molar refractivity (Wildman–Crippen MR) is 72.9 cm³/mol. The quantitative estimate of drug-likeness (QED) is 0.809. The minimum Gasteiger partial charge on any atom is -0.496 e. The van der Waals surface area contributed by atoms with E-state index in [1.54, 1.807) is 18.4 Å². The van der Waals surface area contributed by atoms with E-state index in [0.717, 1.165) is 16.3 Å². The maximum Gasteiger partial charge on any atom is 0.123 e. The SMILES string of the molecule is COc1ccc(-c2ncc(C(C)C)s2)cc1C. The highest BCUT2D eigenvalue weighted by molar-refractivity contribution is 7.15. The number of methoxy groups -OCH3 is 1. The summed E-state index contributed by atoms with van der Waals surface area (Å²) < 4.78 is 5.26. The average Bonchev–Trinajstić information content (AvgIpc) is 2.78. The molecule has 17 heavy (non-hydrogen) atoms. The van der Waals surface area contributed by atoms with Crippen molar-refractivity contribution in [2.24, 2.45) is 0 Å². The molecule has 90 valence electrons. The monoisotopic (exact) mass is 247 g/mol. The van der Waals surface area contributed by atoms with Gasteiger partial charge in [-0.2, -0.15) is 0 Å². The van der Waals surface area contributed by atoms with Crippen molar-refractivity contribution in [2.45, 2.75) is 26.7 Å². The van der Waals surface area contributed by atoms with E-state index in [9.17, 15) is 0 Å². The Morgan fingerprint density at radius 1 is 1.29 bits per heavy atom. The highest BCUT2D eigenvalue weighted by Crippen LogP contribution is 2.31. The fraction of sp³-hybridized carbons (Fsp3) is 0.357. The van der Waals surface area contributed by atoms with Crippen LogP contribution in [0, 0.1) is 6.92 Å². The fourth-order valence-corrected chi connectivity index (χ4v) is 2.61. The van der Waals surface area contributed by atoms with Crippen LogP contribution in [0.2, 0.25) is 0 Å². The van der Waals surface area contributed by atoms with Gasteiger partial charge in [0, 0.05) is 16.6 Å². The topological polar surface area (TPSA) is 22.1 Å². The predicted octanol–water partition coefficient (Wildman–Crippen LogP) is 4.25. The van der Waals surface area contributed by atoms with Gasteiger partial charge in [-0.3, -0.25) is 0 Å². The summed E-state index contributed by atoms with van der Waals surface area (Å²) in [5, 5.41) is 1.08. The van der Waals surface area contributed by atoms with Crippen molar-refractivity contribution in [3.05, 3.63) is 34.8 Å². The van der Waals surface area contributed by atoms with Crippen molar-refractivity contribution < 1.29 is 4.74 Å². The number of aromatic nitrogens is 1. The summed E-state index contributed by atoms with van der Waals surface area (Å²) in [6.07, 6.45) is 1.98. The molecule has 0 aliphatic rings. The number of aryl methyl sites for hydroxylation is 1. The lowest BCUT2D eigenvalue weighted by Crippen LogP contribution is -1.87. The molecule has 0 spiro atoms. The molecule has 3 heteroatoms. The maximum atomic E-state index is 5.26. The number of hydrogen-bond acceptors (Lipinski definition) is 3. The Balaban J connectivity index is 2.36. The molecule has 0 fully saturated rings. The van der Waals surface area contributed by atoms with Crippen LogP contribution in [0.4, 0.5) is 0 Å². The first-order chi connectivity index (χ1) is 8.11. The molecule has 0 bridgehead atoms. The van der Waals surface area contributed by atoms with E-state index in [-0.39, 0.29) is 0 Å². The van der Waals surface area contributed by atoms with E-state index in [1.807, 2.05) is 12.3 Å². The second-order valence-electron chi connectivity index (χ2n) is 4.41. The van der Waals surface area contributed by atoms with Crippen molar-refractivity contribution in [3.8, 4) is 16.3 Å². The molecule has 0 aliphatic carbocycles. The van der Waals surface area contributed by atoms with Gasteiger partial charge in [0.1, 0.15) is 10.8 Å². The number of benzene rings is 1. The van der Waals surface area contributed by atoms with Gasteiger partial charge in [-0.1, -0.05) is 13.8 Å². The van der Waals surface area contributed by atoms with Gasteiger partial charge in [0.2, 0.25) is 0 Å². The van der Waals surface area contributed by atoms with Crippen molar-refractivity contribution in [1.82, 2.24) is 4.98 Å².